The highest BCUT2D eigenvalue weighted by atomic mass is 16.2. The van der Waals surface area contributed by atoms with E-state index in [0.29, 0.717) is 6.04 Å². The summed E-state index contributed by atoms with van der Waals surface area (Å²) < 4.78 is 0. The minimum Gasteiger partial charge on any atom is -0.356 e. The second-order valence-electron chi connectivity index (χ2n) is 5.71. The van der Waals surface area contributed by atoms with Crippen molar-refractivity contribution < 1.29 is 4.79 Å². The first-order valence-corrected chi connectivity index (χ1v) is 7.88. The lowest BCUT2D eigenvalue weighted by atomic mass is 9.96. The van der Waals surface area contributed by atoms with E-state index in [-0.39, 0.29) is 12.5 Å². The van der Waals surface area contributed by atoms with Crippen molar-refractivity contribution in [3.8, 4) is 0 Å². The minimum atomic E-state index is 0.0326. The molecule has 0 radical (unpaired) electrons. The average molecular weight is 282 g/mol. The molecule has 0 heterocycles. The van der Waals surface area contributed by atoms with Gasteiger partial charge in [0, 0.05) is 26.7 Å². The van der Waals surface area contributed by atoms with Crippen LogP contribution in [0.5, 0.6) is 0 Å². The highest BCUT2D eigenvalue weighted by molar-refractivity contribution is 5.84. The molecule has 1 saturated carbocycles. The number of carbonyl (C=O) groups excluding carboxylic acids is 1. The van der Waals surface area contributed by atoms with Gasteiger partial charge >= 0.3 is 0 Å². The summed E-state index contributed by atoms with van der Waals surface area (Å²) >= 11 is 0. The Labute approximate surface area is 123 Å². The van der Waals surface area contributed by atoms with Gasteiger partial charge in [-0.25, -0.2) is 4.99 Å². The molecule has 0 aromatic heterocycles. The summed E-state index contributed by atoms with van der Waals surface area (Å²) in [6, 6.07) is 0.506. The molecule has 0 atom stereocenters. The quantitative estimate of drug-likeness (QED) is 0.443. The van der Waals surface area contributed by atoms with Gasteiger partial charge in [0.05, 0.1) is 0 Å². The second kappa shape index (κ2) is 9.61. The molecule has 116 valence electrons. The zero-order valence-electron chi connectivity index (χ0n) is 13.2. The summed E-state index contributed by atoms with van der Waals surface area (Å²) in [5, 5.41) is 6.81. The van der Waals surface area contributed by atoms with Crippen LogP contribution in [0.3, 0.4) is 0 Å². The molecule has 0 bridgehead atoms. The Kier molecular flexibility index (Phi) is 8.07. The number of unbranched alkanes of at least 4 members (excludes halogenated alkanes) is 1. The van der Waals surface area contributed by atoms with Crippen molar-refractivity contribution in [3.63, 3.8) is 0 Å². The summed E-state index contributed by atoms with van der Waals surface area (Å²) in [6.45, 7) is 3.29. The number of hydrogen-bond donors (Lipinski definition) is 2. The zero-order valence-corrected chi connectivity index (χ0v) is 13.2. The number of guanidine groups is 1. The molecule has 1 aliphatic carbocycles. The van der Waals surface area contributed by atoms with Crippen LogP contribution in [-0.4, -0.2) is 50.0 Å². The van der Waals surface area contributed by atoms with Crippen molar-refractivity contribution >= 4 is 11.9 Å². The van der Waals surface area contributed by atoms with Crippen LogP contribution in [0.4, 0.5) is 0 Å². The fourth-order valence-electron chi connectivity index (χ4n) is 2.26. The van der Waals surface area contributed by atoms with Crippen molar-refractivity contribution in [2.24, 2.45) is 4.99 Å². The van der Waals surface area contributed by atoms with Gasteiger partial charge in [0.15, 0.2) is 5.96 Å². The van der Waals surface area contributed by atoms with E-state index < -0.39 is 0 Å². The van der Waals surface area contributed by atoms with Crippen molar-refractivity contribution in [1.29, 1.82) is 0 Å². The highest BCUT2D eigenvalue weighted by Gasteiger charge is 2.14. The SMILES string of the molecule is CCCCNC(=NCC(=O)N(C)C)NC1CCCCC1. The number of carbonyl (C=O) groups is 1. The largest absolute Gasteiger partial charge is 0.356 e. The fourth-order valence-corrected chi connectivity index (χ4v) is 2.26. The monoisotopic (exact) mass is 282 g/mol. The minimum absolute atomic E-state index is 0.0326. The van der Waals surface area contributed by atoms with Crippen LogP contribution in [0.1, 0.15) is 51.9 Å². The summed E-state index contributed by atoms with van der Waals surface area (Å²) in [6.07, 6.45) is 8.60. The molecule has 1 amide bonds. The molecule has 5 heteroatoms. The molecule has 2 N–H and O–H groups in total. The maximum absolute atomic E-state index is 11.6. The van der Waals surface area contributed by atoms with Gasteiger partial charge in [-0.3, -0.25) is 4.79 Å². The van der Waals surface area contributed by atoms with Gasteiger partial charge in [0.25, 0.3) is 0 Å². The van der Waals surface area contributed by atoms with Gasteiger partial charge < -0.3 is 15.5 Å². The Bertz CT molecular complexity index is 309. The lowest BCUT2D eigenvalue weighted by Crippen LogP contribution is -2.45. The summed E-state index contributed by atoms with van der Waals surface area (Å²) in [4.78, 5) is 17.6. The van der Waals surface area contributed by atoms with Gasteiger partial charge in [0.2, 0.25) is 5.91 Å². The van der Waals surface area contributed by atoms with Crippen LogP contribution in [-0.2, 0) is 4.79 Å². The lowest BCUT2D eigenvalue weighted by Gasteiger charge is -2.25. The smallest absolute Gasteiger partial charge is 0.243 e. The number of aliphatic imine (C=N–C) groups is 1. The van der Waals surface area contributed by atoms with Crippen LogP contribution < -0.4 is 10.6 Å². The molecule has 1 aliphatic rings. The van der Waals surface area contributed by atoms with E-state index >= 15 is 0 Å². The number of nitrogens with zero attached hydrogens (tertiary/aromatic N) is 2. The van der Waals surface area contributed by atoms with Gasteiger partial charge in [-0.15, -0.1) is 0 Å². The molecule has 0 spiro atoms. The maximum atomic E-state index is 11.6. The van der Waals surface area contributed by atoms with Crippen molar-refractivity contribution in [3.05, 3.63) is 0 Å². The molecule has 1 fully saturated rings. The van der Waals surface area contributed by atoms with E-state index in [4.69, 9.17) is 0 Å². The third kappa shape index (κ3) is 6.78. The summed E-state index contributed by atoms with van der Waals surface area (Å²) in [7, 11) is 3.52. The van der Waals surface area contributed by atoms with Crippen LogP contribution in [0, 0.1) is 0 Å². The second-order valence-corrected chi connectivity index (χ2v) is 5.71. The van der Waals surface area contributed by atoms with Gasteiger partial charge in [-0.2, -0.15) is 0 Å². The number of likely N-dealkylation sites (N-methyl/N-ethyl adjacent to an activating group) is 1. The predicted molar refractivity (Wildman–Crippen MR) is 83.9 cm³/mol. The Morgan fingerprint density at radius 3 is 2.55 bits per heavy atom. The fraction of sp³-hybridized carbons (Fsp3) is 0.867. The third-order valence-electron chi connectivity index (χ3n) is 3.64. The summed E-state index contributed by atoms with van der Waals surface area (Å²) in [5.74, 6) is 0.825. The Morgan fingerprint density at radius 1 is 1.25 bits per heavy atom. The van der Waals surface area contributed by atoms with E-state index in [2.05, 4.69) is 22.5 Å². The molecule has 20 heavy (non-hydrogen) atoms. The van der Waals surface area contributed by atoms with Crippen LogP contribution in [0.2, 0.25) is 0 Å². The molecule has 0 aliphatic heterocycles. The van der Waals surface area contributed by atoms with Crippen LogP contribution in [0.25, 0.3) is 0 Å². The number of amides is 1. The topological polar surface area (TPSA) is 56.7 Å². The molecule has 5 nitrogen and oxygen atoms in total. The van der Waals surface area contributed by atoms with E-state index in [1.165, 1.54) is 32.1 Å². The Balaban J connectivity index is 2.48. The molecule has 0 aromatic carbocycles. The first-order valence-electron chi connectivity index (χ1n) is 7.88. The third-order valence-corrected chi connectivity index (χ3v) is 3.64. The van der Waals surface area contributed by atoms with E-state index in [1.54, 1.807) is 19.0 Å². The first-order chi connectivity index (χ1) is 9.63. The van der Waals surface area contributed by atoms with Crippen molar-refractivity contribution in [1.82, 2.24) is 15.5 Å². The zero-order chi connectivity index (χ0) is 14.8. The van der Waals surface area contributed by atoms with Gasteiger partial charge in [-0.05, 0) is 19.3 Å². The molecule has 0 saturated heterocycles. The molecule has 0 aromatic rings. The van der Waals surface area contributed by atoms with Crippen LogP contribution in [0.15, 0.2) is 4.99 Å². The van der Waals surface area contributed by atoms with Gasteiger partial charge in [-0.1, -0.05) is 32.6 Å². The molecule has 0 unspecified atom stereocenters. The summed E-state index contributed by atoms with van der Waals surface area (Å²) in [5.41, 5.74) is 0. The number of rotatable bonds is 6. The molecule has 1 rings (SSSR count). The van der Waals surface area contributed by atoms with Crippen molar-refractivity contribution in [2.75, 3.05) is 27.2 Å². The van der Waals surface area contributed by atoms with E-state index in [0.717, 1.165) is 25.3 Å². The number of nitrogens with one attached hydrogen (secondary N) is 2. The maximum Gasteiger partial charge on any atom is 0.243 e. The average Bonchev–Trinajstić information content (AvgIpc) is 2.45. The lowest BCUT2D eigenvalue weighted by molar-refractivity contribution is -0.127. The highest BCUT2D eigenvalue weighted by Crippen LogP contribution is 2.17. The molecular weight excluding hydrogens is 252 g/mol. The van der Waals surface area contributed by atoms with Crippen molar-refractivity contribution in [2.45, 2.75) is 57.9 Å². The van der Waals surface area contributed by atoms with Crippen LogP contribution >= 0.6 is 0 Å². The first kappa shape index (κ1) is 16.8. The Hall–Kier alpha value is -1.26. The standard InChI is InChI=1S/C15H30N4O/c1-4-5-11-16-15(17-12-14(20)19(2)3)18-13-9-7-6-8-10-13/h13H,4-12H2,1-3H3,(H2,16,17,18). The van der Waals surface area contributed by atoms with E-state index in [9.17, 15) is 4.79 Å². The van der Waals surface area contributed by atoms with E-state index in [1.807, 2.05) is 0 Å². The Morgan fingerprint density at radius 2 is 1.95 bits per heavy atom. The number of hydrogen-bond acceptors (Lipinski definition) is 2. The normalized spacial score (nSPS) is 16.9. The van der Waals surface area contributed by atoms with Gasteiger partial charge in [0.1, 0.15) is 6.54 Å². The molecular formula is C15H30N4O. The predicted octanol–water partition coefficient (Wildman–Crippen LogP) is 1.74.